The van der Waals surface area contributed by atoms with Crippen LogP contribution < -0.4 is 5.32 Å². The van der Waals surface area contributed by atoms with Crippen molar-refractivity contribution in [2.75, 3.05) is 6.54 Å². The lowest BCUT2D eigenvalue weighted by atomic mass is 10.2. The Morgan fingerprint density at radius 3 is 2.71 bits per heavy atom. The van der Waals surface area contributed by atoms with E-state index in [1.165, 1.54) is 18.2 Å². The number of halogens is 1. The molecule has 1 N–H and O–H groups in total. The predicted octanol–water partition coefficient (Wildman–Crippen LogP) is 2.55. The van der Waals surface area contributed by atoms with Gasteiger partial charge in [0, 0.05) is 29.3 Å². The molecule has 0 radical (unpaired) electrons. The van der Waals surface area contributed by atoms with Crippen LogP contribution in [-0.2, 0) is 0 Å². The first kappa shape index (κ1) is 13.2. The van der Waals surface area contributed by atoms with E-state index in [2.05, 4.69) is 11.9 Å². The molecule has 0 spiro atoms. The quantitative estimate of drug-likeness (QED) is 0.510. The topological polar surface area (TPSA) is 72.2 Å². The van der Waals surface area contributed by atoms with Gasteiger partial charge < -0.3 is 5.32 Å². The zero-order valence-electron chi connectivity index (χ0n) is 9.20. The van der Waals surface area contributed by atoms with Gasteiger partial charge in [-0.15, -0.1) is 0 Å². The Hall–Kier alpha value is -1.88. The number of hydrogen-bond donors (Lipinski definition) is 1. The lowest BCUT2D eigenvalue weighted by Gasteiger charge is -2.05. The minimum absolute atomic E-state index is 0.152. The van der Waals surface area contributed by atoms with Crippen molar-refractivity contribution in [2.24, 2.45) is 0 Å². The van der Waals surface area contributed by atoms with Gasteiger partial charge in [0.1, 0.15) is 0 Å². The molecule has 0 atom stereocenters. The van der Waals surface area contributed by atoms with Crippen LogP contribution in [0.15, 0.2) is 30.4 Å². The molecule has 0 aliphatic rings. The number of nitrogens with one attached hydrogen (secondary N) is 1. The number of hydrogen-bond acceptors (Lipinski definition) is 3. The van der Waals surface area contributed by atoms with E-state index >= 15 is 0 Å². The number of benzene rings is 1. The summed E-state index contributed by atoms with van der Waals surface area (Å²) in [6, 6.07) is 3.75. The van der Waals surface area contributed by atoms with E-state index in [-0.39, 0.29) is 16.3 Å². The summed E-state index contributed by atoms with van der Waals surface area (Å²) < 4.78 is 0. The zero-order chi connectivity index (χ0) is 13.0. The van der Waals surface area contributed by atoms with Crippen molar-refractivity contribution >= 4 is 23.2 Å². The normalized spacial score (nSPS) is 9.76. The van der Waals surface area contributed by atoms with Gasteiger partial charge in [0.05, 0.1) is 4.92 Å². The average Bonchev–Trinajstić information content (AvgIpc) is 2.24. The molecule has 0 aliphatic heterocycles. The third-order valence-corrected chi connectivity index (χ3v) is 2.12. The summed E-state index contributed by atoms with van der Waals surface area (Å²) in [6.07, 6.45) is 0. The Bertz CT molecular complexity index is 486. The van der Waals surface area contributed by atoms with Crippen molar-refractivity contribution in [2.45, 2.75) is 6.92 Å². The van der Waals surface area contributed by atoms with E-state index < -0.39 is 10.8 Å². The van der Waals surface area contributed by atoms with E-state index in [4.69, 9.17) is 11.6 Å². The zero-order valence-corrected chi connectivity index (χ0v) is 9.95. The number of nitrogens with zero attached hydrogens (tertiary/aromatic N) is 1. The Labute approximate surface area is 103 Å². The van der Waals surface area contributed by atoms with Crippen LogP contribution in [0.3, 0.4) is 0 Å². The highest BCUT2D eigenvalue weighted by atomic mass is 35.5. The number of non-ortho nitro benzene ring substituents is 1. The standard InChI is InChI=1S/C11H11ClN2O3/c1-7(2)6-13-11(15)8-3-9(12)5-10(4-8)14(16)17/h3-5H,1,6H2,2H3,(H,13,15). The lowest BCUT2D eigenvalue weighted by Crippen LogP contribution is -2.24. The van der Waals surface area contributed by atoms with Gasteiger partial charge in [-0.3, -0.25) is 14.9 Å². The van der Waals surface area contributed by atoms with Crippen molar-refractivity contribution in [3.8, 4) is 0 Å². The maximum Gasteiger partial charge on any atom is 0.271 e. The summed E-state index contributed by atoms with van der Waals surface area (Å²) in [5.41, 5.74) is 0.735. The van der Waals surface area contributed by atoms with Gasteiger partial charge in [-0.25, -0.2) is 0 Å². The van der Waals surface area contributed by atoms with Crippen LogP contribution in [0, 0.1) is 10.1 Å². The molecule has 0 unspecified atom stereocenters. The predicted molar refractivity (Wildman–Crippen MR) is 65.3 cm³/mol. The molecule has 1 rings (SSSR count). The SMILES string of the molecule is C=C(C)CNC(=O)c1cc(Cl)cc([N+](=O)[O-])c1. The second-order valence-electron chi connectivity index (χ2n) is 3.59. The molecule has 0 fully saturated rings. The second kappa shape index (κ2) is 5.45. The molecule has 0 bridgehead atoms. The van der Waals surface area contributed by atoms with Crippen LogP contribution in [0.1, 0.15) is 17.3 Å². The smallest absolute Gasteiger partial charge is 0.271 e. The minimum Gasteiger partial charge on any atom is -0.348 e. The molecular formula is C11H11ClN2O3. The maximum atomic E-state index is 11.6. The Balaban J connectivity index is 2.93. The second-order valence-corrected chi connectivity index (χ2v) is 4.03. The van der Waals surface area contributed by atoms with E-state index in [0.29, 0.717) is 6.54 Å². The molecule has 0 aromatic heterocycles. The average molecular weight is 255 g/mol. The number of amides is 1. The Morgan fingerprint density at radius 1 is 1.53 bits per heavy atom. The molecule has 0 aliphatic carbocycles. The maximum absolute atomic E-state index is 11.6. The first-order valence-electron chi connectivity index (χ1n) is 4.77. The van der Waals surface area contributed by atoms with Crippen LogP contribution in [0.4, 0.5) is 5.69 Å². The molecular weight excluding hydrogens is 244 g/mol. The third-order valence-electron chi connectivity index (χ3n) is 1.91. The third kappa shape index (κ3) is 3.88. The Kier molecular flexibility index (Phi) is 4.23. The van der Waals surface area contributed by atoms with Crippen molar-refractivity contribution < 1.29 is 9.72 Å². The van der Waals surface area contributed by atoms with Crippen LogP contribution >= 0.6 is 11.6 Å². The van der Waals surface area contributed by atoms with E-state index in [1.54, 1.807) is 6.92 Å². The highest BCUT2D eigenvalue weighted by Gasteiger charge is 2.13. The molecule has 90 valence electrons. The highest BCUT2D eigenvalue weighted by molar-refractivity contribution is 6.31. The van der Waals surface area contributed by atoms with Crippen molar-refractivity contribution in [3.63, 3.8) is 0 Å². The van der Waals surface area contributed by atoms with Crippen molar-refractivity contribution in [1.29, 1.82) is 0 Å². The molecule has 17 heavy (non-hydrogen) atoms. The van der Waals surface area contributed by atoms with E-state index in [9.17, 15) is 14.9 Å². The lowest BCUT2D eigenvalue weighted by molar-refractivity contribution is -0.384. The number of nitro groups is 1. The van der Waals surface area contributed by atoms with E-state index in [0.717, 1.165) is 5.57 Å². The fourth-order valence-corrected chi connectivity index (χ4v) is 1.37. The summed E-state index contributed by atoms with van der Waals surface area (Å²) in [5, 5.41) is 13.3. The fraction of sp³-hybridized carbons (Fsp3) is 0.182. The first-order valence-corrected chi connectivity index (χ1v) is 5.15. The number of rotatable bonds is 4. The summed E-state index contributed by atoms with van der Waals surface area (Å²) >= 11 is 5.70. The molecule has 1 aromatic carbocycles. The molecule has 5 nitrogen and oxygen atoms in total. The monoisotopic (exact) mass is 254 g/mol. The van der Waals surface area contributed by atoms with Gasteiger partial charge >= 0.3 is 0 Å². The van der Waals surface area contributed by atoms with Crippen LogP contribution in [0.5, 0.6) is 0 Å². The summed E-state index contributed by atoms with van der Waals surface area (Å²) in [7, 11) is 0. The molecule has 0 heterocycles. The van der Waals surface area contributed by atoms with Gasteiger partial charge in [0.2, 0.25) is 0 Å². The van der Waals surface area contributed by atoms with Crippen LogP contribution in [0.25, 0.3) is 0 Å². The number of carbonyl (C=O) groups excluding carboxylic acids is 1. The van der Waals surface area contributed by atoms with Crippen molar-refractivity contribution in [3.05, 3.63) is 51.1 Å². The number of nitro benzene ring substituents is 1. The molecule has 6 heteroatoms. The fourth-order valence-electron chi connectivity index (χ4n) is 1.14. The Morgan fingerprint density at radius 2 is 2.18 bits per heavy atom. The van der Waals surface area contributed by atoms with Gasteiger partial charge in [-0.05, 0) is 13.0 Å². The highest BCUT2D eigenvalue weighted by Crippen LogP contribution is 2.20. The molecule has 0 saturated carbocycles. The van der Waals surface area contributed by atoms with Crippen LogP contribution in [-0.4, -0.2) is 17.4 Å². The van der Waals surface area contributed by atoms with Crippen LogP contribution in [0.2, 0.25) is 5.02 Å². The van der Waals surface area contributed by atoms with Gasteiger partial charge in [0.25, 0.3) is 11.6 Å². The molecule has 1 amide bonds. The van der Waals surface area contributed by atoms with Gasteiger partial charge in [-0.1, -0.05) is 23.8 Å². The largest absolute Gasteiger partial charge is 0.348 e. The molecule has 1 aromatic rings. The number of carbonyl (C=O) groups is 1. The summed E-state index contributed by atoms with van der Waals surface area (Å²) in [4.78, 5) is 21.6. The van der Waals surface area contributed by atoms with Gasteiger partial charge in [0.15, 0.2) is 0 Å². The van der Waals surface area contributed by atoms with E-state index in [1.807, 2.05) is 0 Å². The summed E-state index contributed by atoms with van der Waals surface area (Å²) in [6.45, 7) is 5.72. The first-order chi connectivity index (χ1) is 7.90. The van der Waals surface area contributed by atoms with Gasteiger partial charge in [-0.2, -0.15) is 0 Å². The minimum atomic E-state index is -0.596. The van der Waals surface area contributed by atoms with Crippen molar-refractivity contribution in [1.82, 2.24) is 5.32 Å². The molecule has 0 saturated heterocycles. The summed E-state index contributed by atoms with van der Waals surface area (Å²) in [5.74, 6) is -0.418.